The number of benzene rings is 1. The van der Waals surface area contributed by atoms with Gasteiger partial charge in [0.1, 0.15) is 5.65 Å². The Balaban J connectivity index is 1.63. The summed E-state index contributed by atoms with van der Waals surface area (Å²) in [6.45, 7) is 4.57. The third kappa shape index (κ3) is 2.66. The second kappa shape index (κ2) is 5.63. The summed E-state index contributed by atoms with van der Waals surface area (Å²) in [5.41, 5.74) is 5.31. The topological polar surface area (TPSA) is 37.6 Å². The molecule has 0 saturated heterocycles. The van der Waals surface area contributed by atoms with Crippen molar-refractivity contribution in [2.75, 3.05) is 6.54 Å². The van der Waals surface area contributed by atoms with Gasteiger partial charge in [-0.05, 0) is 36.6 Å². The Kier molecular flexibility index (Phi) is 3.46. The molecule has 0 unspecified atom stereocenters. The third-order valence-corrected chi connectivity index (χ3v) is 4.53. The quantitative estimate of drug-likeness (QED) is 0.730. The minimum absolute atomic E-state index is 0.000472. The molecule has 0 aliphatic carbocycles. The monoisotopic (exact) mass is 305 g/mol. The number of fused-ring (bicyclic) bond motifs is 2. The van der Waals surface area contributed by atoms with Crippen molar-refractivity contribution in [1.82, 2.24) is 14.3 Å². The highest BCUT2D eigenvalue weighted by molar-refractivity contribution is 5.40. The van der Waals surface area contributed by atoms with Gasteiger partial charge in [-0.2, -0.15) is 0 Å². The van der Waals surface area contributed by atoms with Crippen LogP contribution in [0.4, 0.5) is 0 Å². The van der Waals surface area contributed by atoms with Crippen LogP contribution < -0.4 is 5.56 Å². The van der Waals surface area contributed by atoms with Gasteiger partial charge in [0, 0.05) is 31.4 Å². The summed E-state index contributed by atoms with van der Waals surface area (Å²) in [6.07, 6.45) is 1.06. The van der Waals surface area contributed by atoms with E-state index in [0.717, 1.165) is 36.5 Å². The molecule has 2 aromatic heterocycles. The molecule has 0 amide bonds. The first-order valence-electron chi connectivity index (χ1n) is 7.98. The van der Waals surface area contributed by atoms with Gasteiger partial charge in [-0.15, -0.1) is 0 Å². The zero-order valence-corrected chi connectivity index (χ0v) is 13.2. The van der Waals surface area contributed by atoms with Gasteiger partial charge in [-0.25, -0.2) is 4.98 Å². The molecule has 0 atom stereocenters. The largest absolute Gasteiger partial charge is 0.293 e. The summed E-state index contributed by atoms with van der Waals surface area (Å²) in [7, 11) is 0. The second-order valence-corrected chi connectivity index (χ2v) is 6.18. The Morgan fingerprint density at radius 2 is 1.91 bits per heavy atom. The fourth-order valence-electron chi connectivity index (χ4n) is 3.36. The highest BCUT2D eigenvalue weighted by Crippen LogP contribution is 2.19. The van der Waals surface area contributed by atoms with Crippen molar-refractivity contribution in [3.8, 4) is 0 Å². The minimum atomic E-state index is 0.000472. The molecule has 3 heterocycles. The predicted octanol–water partition coefficient (Wildman–Crippen LogP) is 2.56. The van der Waals surface area contributed by atoms with E-state index in [1.165, 1.54) is 11.1 Å². The van der Waals surface area contributed by atoms with Crippen molar-refractivity contribution in [3.63, 3.8) is 0 Å². The van der Waals surface area contributed by atoms with Gasteiger partial charge in [0.25, 0.3) is 5.56 Å². The molecule has 0 saturated carbocycles. The summed E-state index contributed by atoms with van der Waals surface area (Å²) >= 11 is 0. The van der Waals surface area contributed by atoms with Gasteiger partial charge in [-0.3, -0.25) is 14.1 Å². The maximum absolute atomic E-state index is 12.4. The lowest BCUT2D eigenvalue weighted by atomic mass is 10.00. The summed E-state index contributed by atoms with van der Waals surface area (Å²) in [4.78, 5) is 19.4. The smallest absolute Gasteiger partial charge is 0.258 e. The van der Waals surface area contributed by atoms with Crippen molar-refractivity contribution in [2.45, 2.75) is 26.4 Å². The highest BCUT2D eigenvalue weighted by atomic mass is 16.1. The van der Waals surface area contributed by atoms with Crippen LogP contribution in [0.15, 0.2) is 53.3 Å². The van der Waals surface area contributed by atoms with Crippen LogP contribution in [0.5, 0.6) is 0 Å². The average molecular weight is 305 g/mol. The average Bonchev–Trinajstić information content (AvgIpc) is 2.54. The van der Waals surface area contributed by atoms with Gasteiger partial charge < -0.3 is 0 Å². The molecule has 3 aromatic rings. The van der Waals surface area contributed by atoms with Gasteiger partial charge in [-0.1, -0.05) is 30.3 Å². The molecule has 0 spiro atoms. The second-order valence-electron chi connectivity index (χ2n) is 6.18. The lowest BCUT2D eigenvalue weighted by molar-refractivity contribution is 0.242. The van der Waals surface area contributed by atoms with E-state index in [1.54, 1.807) is 10.5 Å². The van der Waals surface area contributed by atoms with Crippen molar-refractivity contribution in [3.05, 3.63) is 81.4 Å². The molecule has 0 fully saturated rings. The van der Waals surface area contributed by atoms with E-state index in [0.29, 0.717) is 6.54 Å². The summed E-state index contributed by atoms with van der Waals surface area (Å²) in [5.74, 6) is 0. The van der Waals surface area contributed by atoms with Crippen LogP contribution in [0.3, 0.4) is 0 Å². The first-order chi connectivity index (χ1) is 11.2. The fourth-order valence-corrected chi connectivity index (χ4v) is 3.36. The minimum Gasteiger partial charge on any atom is -0.293 e. The van der Waals surface area contributed by atoms with E-state index in [1.807, 2.05) is 25.1 Å². The number of aromatic nitrogens is 2. The van der Waals surface area contributed by atoms with Crippen LogP contribution in [0.1, 0.15) is 22.5 Å². The number of nitrogens with zero attached hydrogens (tertiary/aromatic N) is 3. The van der Waals surface area contributed by atoms with Crippen LogP contribution in [0.25, 0.3) is 5.65 Å². The number of aryl methyl sites for hydroxylation is 1. The van der Waals surface area contributed by atoms with E-state index in [4.69, 9.17) is 0 Å². The van der Waals surface area contributed by atoms with Gasteiger partial charge in [0.2, 0.25) is 0 Å². The molecule has 116 valence electrons. The Bertz CT molecular complexity index is 929. The van der Waals surface area contributed by atoms with Crippen LogP contribution >= 0.6 is 0 Å². The lowest BCUT2D eigenvalue weighted by Crippen LogP contribution is -2.31. The summed E-state index contributed by atoms with van der Waals surface area (Å²) in [5, 5.41) is 0. The van der Waals surface area contributed by atoms with E-state index in [9.17, 15) is 4.79 Å². The SMILES string of the molecule is Cc1cccc2nc(CN3CCc4ccccc4C3)cc(=O)n12. The van der Waals surface area contributed by atoms with Gasteiger partial charge in [0.15, 0.2) is 0 Å². The van der Waals surface area contributed by atoms with Crippen LogP contribution in [-0.2, 0) is 19.5 Å². The van der Waals surface area contributed by atoms with E-state index >= 15 is 0 Å². The molecular weight excluding hydrogens is 286 g/mol. The van der Waals surface area contributed by atoms with Crippen LogP contribution in [-0.4, -0.2) is 20.8 Å². The van der Waals surface area contributed by atoms with E-state index < -0.39 is 0 Å². The molecule has 1 aromatic carbocycles. The Labute approximate surface area is 135 Å². The van der Waals surface area contributed by atoms with Crippen molar-refractivity contribution in [2.24, 2.45) is 0 Å². The lowest BCUT2D eigenvalue weighted by Gasteiger charge is -2.28. The van der Waals surface area contributed by atoms with Crippen molar-refractivity contribution in [1.29, 1.82) is 0 Å². The van der Waals surface area contributed by atoms with Gasteiger partial charge in [0.05, 0.1) is 5.69 Å². The molecule has 0 bridgehead atoms. The number of pyridine rings is 1. The molecule has 1 aliphatic rings. The van der Waals surface area contributed by atoms with E-state index in [-0.39, 0.29) is 5.56 Å². The summed E-state index contributed by atoms with van der Waals surface area (Å²) < 4.78 is 1.66. The zero-order valence-electron chi connectivity index (χ0n) is 13.2. The van der Waals surface area contributed by atoms with Crippen molar-refractivity contribution < 1.29 is 0 Å². The first-order valence-corrected chi connectivity index (χ1v) is 7.98. The number of hydrogen-bond donors (Lipinski definition) is 0. The number of rotatable bonds is 2. The molecule has 4 rings (SSSR count). The fraction of sp³-hybridized carbons (Fsp3) is 0.263. The standard InChI is InChI=1S/C19H19N3O/c1-14-5-4-8-18-20-17(11-19(23)22(14)18)13-21-10-9-15-6-2-3-7-16(15)12-21/h2-8,11H,9-10,12-13H2,1H3. The maximum Gasteiger partial charge on any atom is 0.258 e. The normalized spacial score (nSPS) is 14.8. The Morgan fingerprint density at radius 3 is 2.78 bits per heavy atom. The van der Waals surface area contributed by atoms with Crippen LogP contribution in [0.2, 0.25) is 0 Å². The first kappa shape index (κ1) is 14.2. The van der Waals surface area contributed by atoms with Crippen molar-refractivity contribution >= 4 is 5.65 Å². The predicted molar refractivity (Wildman–Crippen MR) is 90.5 cm³/mol. The highest BCUT2D eigenvalue weighted by Gasteiger charge is 2.16. The zero-order chi connectivity index (χ0) is 15.8. The summed E-state index contributed by atoms with van der Waals surface area (Å²) in [6, 6.07) is 16.0. The molecular formula is C19H19N3O. The van der Waals surface area contributed by atoms with Crippen LogP contribution in [0, 0.1) is 6.92 Å². The number of hydrogen-bond acceptors (Lipinski definition) is 3. The molecule has 0 N–H and O–H groups in total. The Morgan fingerprint density at radius 1 is 1.09 bits per heavy atom. The molecule has 4 nitrogen and oxygen atoms in total. The maximum atomic E-state index is 12.4. The molecule has 23 heavy (non-hydrogen) atoms. The molecule has 0 radical (unpaired) electrons. The van der Waals surface area contributed by atoms with E-state index in [2.05, 4.69) is 34.1 Å². The molecule has 1 aliphatic heterocycles. The molecule has 4 heteroatoms. The van der Waals surface area contributed by atoms with Gasteiger partial charge >= 0.3 is 0 Å². The Hall–Kier alpha value is -2.46. The third-order valence-electron chi connectivity index (χ3n) is 4.53.